The van der Waals surface area contributed by atoms with E-state index in [1.165, 1.54) is 44.7 Å². The number of carbonyl (C=O) groups is 2. The van der Waals surface area contributed by atoms with Crippen molar-refractivity contribution in [2.45, 2.75) is 140 Å². The Morgan fingerprint density at radius 3 is 2.00 bits per heavy atom. The van der Waals surface area contributed by atoms with Gasteiger partial charge in [-0.25, -0.2) is 4.79 Å². The summed E-state index contributed by atoms with van der Waals surface area (Å²) in [6.07, 6.45) is 14.3. The Kier molecular flexibility index (Phi) is 20.5. The number of aliphatic hydroxyl groups excluding tert-OH is 1. The molecule has 5 N–H and O–H groups in total. The van der Waals surface area contributed by atoms with Gasteiger partial charge in [0.25, 0.3) is 5.56 Å². The predicted octanol–water partition coefficient (Wildman–Crippen LogP) is 4.07. The standard InChI is InChI=1S/C31H52N3O11P/c35-23-24-28(45-46(41)42)29(30(44-24)34-21-19-26(37)33-31(34)40)43-22-16-12-11-15-20-32-25(36)17-13-9-7-5-3-1-2-4-6-8-10-14-18-27(38)39/h19,21,24,28-30,35H,1-18,20,22-23H2,(H3-,32,33,36,37,38,39,40,41,42)/p+1. The molecule has 1 aliphatic rings. The summed E-state index contributed by atoms with van der Waals surface area (Å²) in [6.45, 7) is 0.311. The SMILES string of the molecule is O=C(O)CCCCCCCCCCCCCCC(=O)NCCCCCCOC1C(O[P+](=O)O)C(CO)OC1n1ccc(=O)[nH]c1=O. The van der Waals surface area contributed by atoms with E-state index in [0.29, 0.717) is 19.4 Å². The molecule has 0 aliphatic carbocycles. The largest absolute Gasteiger partial charge is 0.695 e. The Balaban J connectivity index is 1.51. The smallest absolute Gasteiger partial charge is 0.481 e. The number of hydrogen-bond donors (Lipinski definition) is 5. The number of H-pyrrole nitrogens is 1. The highest BCUT2D eigenvalue weighted by atomic mass is 31.1. The van der Waals surface area contributed by atoms with Crippen LogP contribution in [0.1, 0.15) is 122 Å². The molecule has 1 aliphatic heterocycles. The first-order chi connectivity index (χ1) is 22.2. The van der Waals surface area contributed by atoms with Crippen molar-refractivity contribution in [1.29, 1.82) is 0 Å². The van der Waals surface area contributed by atoms with Gasteiger partial charge in [0.1, 0.15) is 12.2 Å². The summed E-state index contributed by atoms with van der Waals surface area (Å²) in [6, 6.07) is 1.14. The number of hydrogen-bond acceptors (Lipinski definition) is 9. The van der Waals surface area contributed by atoms with Crippen molar-refractivity contribution in [2.24, 2.45) is 0 Å². The quantitative estimate of drug-likeness (QED) is 0.0664. The molecule has 1 amide bonds. The Labute approximate surface area is 271 Å². The van der Waals surface area contributed by atoms with Gasteiger partial charge in [0, 0.05) is 42.8 Å². The molecule has 5 atom stereocenters. The number of carbonyl (C=O) groups excluding carboxylic acids is 1. The minimum Gasteiger partial charge on any atom is -0.481 e. The lowest BCUT2D eigenvalue weighted by atomic mass is 10.0. The molecule has 2 heterocycles. The molecule has 0 bridgehead atoms. The van der Waals surface area contributed by atoms with E-state index in [0.717, 1.165) is 68.4 Å². The van der Waals surface area contributed by atoms with Crippen LogP contribution in [0, 0.1) is 0 Å². The lowest BCUT2D eigenvalue weighted by Gasteiger charge is -2.22. The average molecular weight is 675 g/mol. The average Bonchev–Trinajstić information content (AvgIpc) is 3.34. The van der Waals surface area contributed by atoms with Crippen LogP contribution in [0.3, 0.4) is 0 Å². The van der Waals surface area contributed by atoms with Crippen molar-refractivity contribution in [3.8, 4) is 0 Å². The van der Waals surface area contributed by atoms with Gasteiger partial charge in [0.05, 0.1) is 6.61 Å². The summed E-state index contributed by atoms with van der Waals surface area (Å²) >= 11 is 0. The zero-order valence-electron chi connectivity index (χ0n) is 26.8. The number of aromatic amines is 1. The van der Waals surface area contributed by atoms with E-state index in [1.807, 2.05) is 0 Å². The molecule has 0 radical (unpaired) electrons. The number of aliphatic hydroxyl groups is 1. The van der Waals surface area contributed by atoms with Crippen LogP contribution in [0.4, 0.5) is 0 Å². The topological polar surface area (TPSA) is 206 Å². The fourth-order valence-electron chi connectivity index (χ4n) is 5.56. The van der Waals surface area contributed by atoms with Crippen LogP contribution in [0.25, 0.3) is 0 Å². The summed E-state index contributed by atoms with van der Waals surface area (Å²) in [4.78, 5) is 57.8. The highest BCUT2D eigenvalue weighted by Crippen LogP contribution is 2.37. The molecule has 1 aromatic rings. The number of carboxylic acid groups (broad SMARTS) is 1. The number of ether oxygens (including phenoxy) is 2. The highest BCUT2D eigenvalue weighted by molar-refractivity contribution is 7.32. The summed E-state index contributed by atoms with van der Waals surface area (Å²) in [7, 11) is -3.03. The molecule has 262 valence electrons. The number of nitrogens with one attached hydrogen (secondary N) is 2. The molecule has 0 saturated carbocycles. The van der Waals surface area contributed by atoms with Gasteiger partial charge < -0.3 is 25.0 Å². The lowest BCUT2D eigenvalue weighted by Crippen LogP contribution is -2.40. The van der Waals surface area contributed by atoms with Crippen molar-refractivity contribution in [1.82, 2.24) is 14.9 Å². The van der Waals surface area contributed by atoms with Crippen molar-refractivity contribution in [3.63, 3.8) is 0 Å². The highest BCUT2D eigenvalue weighted by Gasteiger charge is 2.51. The van der Waals surface area contributed by atoms with Crippen molar-refractivity contribution >= 4 is 20.1 Å². The molecule has 1 aromatic heterocycles. The molecule has 1 fully saturated rings. The number of rotatable bonds is 27. The first-order valence-electron chi connectivity index (χ1n) is 16.7. The van der Waals surface area contributed by atoms with Crippen LogP contribution >= 0.6 is 8.25 Å². The van der Waals surface area contributed by atoms with Gasteiger partial charge in [-0.2, -0.15) is 0 Å². The Bertz CT molecular complexity index is 1150. The summed E-state index contributed by atoms with van der Waals surface area (Å²) in [5, 5.41) is 21.3. The van der Waals surface area contributed by atoms with Crippen molar-refractivity contribution < 1.29 is 43.3 Å². The van der Waals surface area contributed by atoms with E-state index in [-0.39, 0.29) is 18.9 Å². The molecule has 0 aromatic carbocycles. The number of aromatic nitrogens is 2. The third-order valence-electron chi connectivity index (χ3n) is 8.05. The van der Waals surface area contributed by atoms with E-state index in [1.54, 1.807) is 0 Å². The molecule has 0 spiro atoms. The van der Waals surface area contributed by atoms with Gasteiger partial charge in [0.2, 0.25) is 5.91 Å². The van der Waals surface area contributed by atoms with E-state index < -0.39 is 56.6 Å². The number of unbranched alkanes of at least 4 members (excludes halogenated alkanes) is 14. The zero-order valence-corrected chi connectivity index (χ0v) is 27.7. The maximum Gasteiger partial charge on any atom is 0.695 e. The molecular formula is C31H53N3O11P+. The monoisotopic (exact) mass is 674 g/mol. The minimum absolute atomic E-state index is 0.0724. The van der Waals surface area contributed by atoms with Crippen LogP contribution in [0.5, 0.6) is 0 Å². The molecule has 14 nitrogen and oxygen atoms in total. The van der Waals surface area contributed by atoms with E-state index in [9.17, 15) is 33.7 Å². The lowest BCUT2D eigenvalue weighted by molar-refractivity contribution is -0.137. The fraction of sp³-hybridized carbons (Fsp3) is 0.806. The maximum atomic E-state index is 12.3. The first kappa shape index (κ1) is 39.7. The second-order valence-corrected chi connectivity index (χ2v) is 12.5. The van der Waals surface area contributed by atoms with Crippen LogP contribution in [0.15, 0.2) is 21.9 Å². The normalized spacial score (nSPS) is 19.7. The number of nitrogens with zero attached hydrogens (tertiary/aromatic N) is 1. The Morgan fingerprint density at radius 2 is 1.43 bits per heavy atom. The summed E-state index contributed by atoms with van der Waals surface area (Å²) in [5.41, 5.74) is -1.34. The second kappa shape index (κ2) is 23.8. The molecule has 46 heavy (non-hydrogen) atoms. The van der Waals surface area contributed by atoms with Crippen LogP contribution < -0.4 is 16.6 Å². The van der Waals surface area contributed by atoms with Crippen LogP contribution in [0.2, 0.25) is 0 Å². The molecule has 2 rings (SSSR count). The van der Waals surface area contributed by atoms with Gasteiger partial charge in [-0.15, -0.1) is 9.42 Å². The van der Waals surface area contributed by atoms with E-state index >= 15 is 0 Å². The molecule has 5 unspecified atom stereocenters. The summed E-state index contributed by atoms with van der Waals surface area (Å²) < 4.78 is 29.2. The third kappa shape index (κ3) is 16.4. The van der Waals surface area contributed by atoms with Crippen LogP contribution in [-0.4, -0.2) is 74.6 Å². The maximum absolute atomic E-state index is 12.3. The van der Waals surface area contributed by atoms with Gasteiger partial charge in [-0.3, -0.25) is 23.9 Å². The van der Waals surface area contributed by atoms with E-state index in [4.69, 9.17) is 19.1 Å². The Morgan fingerprint density at radius 1 is 0.870 bits per heavy atom. The molecule has 1 saturated heterocycles. The second-order valence-electron chi connectivity index (χ2n) is 11.8. The summed E-state index contributed by atoms with van der Waals surface area (Å²) in [5.74, 6) is -0.636. The molecular weight excluding hydrogens is 621 g/mol. The number of carboxylic acids is 1. The number of amides is 1. The minimum atomic E-state index is -3.03. The van der Waals surface area contributed by atoms with Gasteiger partial charge in [-0.1, -0.05) is 77.0 Å². The zero-order chi connectivity index (χ0) is 33.6. The number of aliphatic carboxylic acids is 1. The predicted molar refractivity (Wildman–Crippen MR) is 171 cm³/mol. The molecule has 15 heteroatoms. The fourth-order valence-corrected chi connectivity index (χ4v) is 6.03. The van der Waals surface area contributed by atoms with Gasteiger partial charge in [0.15, 0.2) is 12.3 Å². The van der Waals surface area contributed by atoms with Gasteiger partial charge in [-0.05, 0) is 25.7 Å². The Hall–Kier alpha value is -2.48. The first-order valence-corrected chi connectivity index (χ1v) is 17.9. The third-order valence-corrected chi connectivity index (χ3v) is 8.47. The van der Waals surface area contributed by atoms with Crippen molar-refractivity contribution in [3.05, 3.63) is 33.1 Å². The van der Waals surface area contributed by atoms with Crippen molar-refractivity contribution in [2.75, 3.05) is 19.8 Å². The van der Waals surface area contributed by atoms with Gasteiger partial charge >= 0.3 is 19.9 Å². The van der Waals surface area contributed by atoms with E-state index in [2.05, 4.69) is 10.3 Å². The van der Waals surface area contributed by atoms with Crippen LogP contribution in [-0.2, 0) is 28.2 Å².